The Hall–Kier alpha value is -3.56. The maximum absolute atomic E-state index is 12.5. The van der Waals surface area contributed by atoms with Crippen molar-refractivity contribution < 1.29 is 0 Å². The Kier molecular flexibility index (Phi) is 3.71. The van der Waals surface area contributed by atoms with Gasteiger partial charge in [0.25, 0.3) is 5.56 Å². The van der Waals surface area contributed by atoms with E-state index in [-0.39, 0.29) is 5.56 Å². The average Bonchev–Trinajstić information content (AvgIpc) is 3.05. The zero-order valence-corrected chi connectivity index (χ0v) is 15.6. The van der Waals surface area contributed by atoms with Gasteiger partial charge in [-0.1, -0.05) is 0 Å². The standard InChI is InChI=1S/C18H19N9O/c1-11-22-23-15-3-4-16(24-27(11)15)26-9-12(10-26)7-20-18-21-14-8-19-6-5-13(14)17(28)25(18)2/h3-6,8,12H,7,9-10H2,1-2H3,(H,20,21). The number of fused-ring (bicyclic) bond motifs is 2. The van der Waals surface area contributed by atoms with Crippen molar-refractivity contribution in [1.82, 2.24) is 34.3 Å². The van der Waals surface area contributed by atoms with Gasteiger partial charge >= 0.3 is 0 Å². The summed E-state index contributed by atoms with van der Waals surface area (Å²) in [6, 6.07) is 5.59. The lowest BCUT2D eigenvalue weighted by Crippen LogP contribution is -2.50. The van der Waals surface area contributed by atoms with Crippen molar-refractivity contribution >= 4 is 28.3 Å². The highest BCUT2D eigenvalue weighted by molar-refractivity contribution is 5.77. The summed E-state index contributed by atoms with van der Waals surface area (Å²) >= 11 is 0. The summed E-state index contributed by atoms with van der Waals surface area (Å²) in [5.41, 5.74) is 1.27. The van der Waals surface area contributed by atoms with Crippen LogP contribution in [0.4, 0.5) is 11.8 Å². The van der Waals surface area contributed by atoms with Crippen LogP contribution in [0, 0.1) is 12.8 Å². The molecule has 0 aromatic carbocycles. The van der Waals surface area contributed by atoms with Gasteiger partial charge in [0.1, 0.15) is 5.82 Å². The van der Waals surface area contributed by atoms with Crippen LogP contribution >= 0.6 is 0 Å². The monoisotopic (exact) mass is 377 g/mol. The predicted octanol–water partition coefficient (Wildman–Crippen LogP) is 0.623. The van der Waals surface area contributed by atoms with E-state index < -0.39 is 0 Å². The topological polar surface area (TPSA) is 106 Å². The van der Waals surface area contributed by atoms with Gasteiger partial charge in [-0.2, -0.15) is 4.52 Å². The highest BCUT2D eigenvalue weighted by atomic mass is 16.1. The van der Waals surface area contributed by atoms with E-state index in [2.05, 4.69) is 35.5 Å². The molecule has 1 aliphatic heterocycles. The lowest BCUT2D eigenvalue weighted by atomic mass is 10.0. The molecule has 0 saturated carbocycles. The summed E-state index contributed by atoms with van der Waals surface area (Å²) in [7, 11) is 1.73. The first-order chi connectivity index (χ1) is 13.6. The van der Waals surface area contributed by atoms with Crippen LogP contribution in [0.25, 0.3) is 16.6 Å². The number of aryl methyl sites for hydroxylation is 1. The van der Waals surface area contributed by atoms with Gasteiger partial charge in [-0.15, -0.1) is 15.3 Å². The summed E-state index contributed by atoms with van der Waals surface area (Å²) < 4.78 is 3.30. The van der Waals surface area contributed by atoms with E-state index >= 15 is 0 Å². The number of anilines is 2. The molecule has 10 heteroatoms. The molecule has 0 bridgehead atoms. The van der Waals surface area contributed by atoms with Crippen molar-refractivity contribution in [3.63, 3.8) is 0 Å². The fourth-order valence-electron chi connectivity index (χ4n) is 3.46. The summed E-state index contributed by atoms with van der Waals surface area (Å²) in [6.07, 6.45) is 3.22. The van der Waals surface area contributed by atoms with Gasteiger partial charge < -0.3 is 10.2 Å². The zero-order chi connectivity index (χ0) is 19.3. The normalized spacial score (nSPS) is 14.6. The van der Waals surface area contributed by atoms with Crippen molar-refractivity contribution in [3.8, 4) is 0 Å². The lowest BCUT2D eigenvalue weighted by molar-refractivity contribution is 0.423. The largest absolute Gasteiger partial charge is 0.355 e. The molecule has 0 atom stereocenters. The Morgan fingerprint density at radius 2 is 2.07 bits per heavy atom. The van der Waals surface area contributed by atoms with Crippen LogP contribution in [0.2, 0.25) is 0 Å². The highest BCUT2D eigenvalue weighted by Gasteiger charge is 2.28. The highest BCUT2D eigenvalue weighted by Crippen LogP contribution is 2.23. The predicted molar refractivity (Wildman–Crippen MR) is 104 cm³/mol. The van der Waals surface area contributed by atoms with Gasteiger partial charge in [0.15, 0.2) is 11.5 Å². The number of pyridine rings is 1. The molecular formula is C18H19N9O. The second-order valence-corrected chi connectivity index (χ2v) is 7.05. The average molecular weight is 377 g/mol. The molecule has 0 radical (unpaired) electrons. The van der Waals surface area contributed by atoms with E-state index in [1.54, 1.807) is 34.6 Å². The first-order valence-electron chi connectivity index (χ1n) is 9.09. The summed E-state index contributed by atoms with van der Waals surface area (Å²) in [6.45, 7) is 4.39. The number of hydrogen-bond acceptors (Lipinski definition) is 8. The minimum Gasteiger partial charge on any atom is -0.355 e. The second-order valence-electron chi connectivity index (χ2n) is 7.05. The third-order valence-electron chi connectivity index (χ3n) is 5.11. The fourth-order valence-corrected chi connectivity index (χ4v) is 3.46. The molecule has 0 amide bonds. The quantitative estimate of drug-likeness (QED) is 0.552. The summed E-state index contributed by atoms with van der Waals surface area (Å²) in [4.78, 5) is 23.2. The van der Waals surface area contributed by atoms with E-state index in [1.165, 1.54) is 0 Å². The summed E-state index contributed by atoms with van der Waals surface area (Å²) in [5, 5.41) is 16.6. The zero-order valence-electron chi connectivity index (χ0n) is 15.6. The summed E-state index contributed by atoms with van der Waals surface area (Å²) in [5.74, 6) is 2.69. The van der Waals surface area contributed by atoms with E-state index in [9.17, 15) is 4.79 Å². The Bertz CT molecular complexity index is 1240. The number of nitrogens with zero attached hydrogens (tertiary/aromatic N) is 8. The van der Waals surface area contributed by atoms with Gasteiger partial charge in [-0.05, 0) is 25.1 Å². The molecule has 4 aromatic heterocycles. The Morgan fingerprint density at radius 3 is 2.93 bits per heavy atom. The third-order valence-corrected chi connectivity index (χ3v) is 5.11. The van der Waals surface area contributed by atoms with Gasteiger partial charge in [0.05, 0.1) is 17.1 Å². The molecule has 1 saturated heterocycles. The lowest BCUT2D eigenvalue weighted by Gasteiger charge is -2.40. The molecule has 142 valence electrons. The maximum Gasteiger partial charge on any atom is 0.262 e. The van der Waals surface area contributed by atoms with Gasteiger partial charge in [-0.25, -0.2) is 4.98 Å². The van der Waals surface area contributed by atoms with E-state index in [0.717, 1.165) is 36.9 Å². The number of rotatable bonds is 4. The van der Waals surface area contributed by atoms with Crippen molar-refractivity contribution in [1.29, 1.82) is 0 Å². The first-order valence-corrected chi connectivity index (χ1v) is 9.09. The Morgan fingerprint density at radius 1 is 1.21 bits per heavy atom. The molecule has 28 heavy (non-hydrogen) atoms. The van der Waals surface area contributed by atoms with Crippen LogP contribution < -0.4 is 15.8 Å². The molecular weight excluding hydrogens is 358 g/mol. The fraction of sp³-hybridized carbons (Fsp3) is 0.333. The van der Waals surface area contributed by atoms with Gasteiger partial charge in [0.2, 0.25) is 5.95 Å². The van der Waals surface area contributed by atoms with E-state index in [4.69, 9.17) is 0 Å². The van der Waals surface area contributed by atoms with E-state index in [0.29, 0.717) is 22.8 Å². The molecule has 1 fully saturated rings. The van der Waals surface area contributed by atoms with Crippen LogP contribution in [0.15, 0.2) is 35.4 Å². The number of nitrogens with one attached hydrogen (secondary N) is 1. The smallest absolute Gasteiger partial charge is 0.262 e. The Balaban J connectivity index is 1.27. The Labute approximate surface area is 159 Å². The van der Waals surface area contributed by atoms with Crippen molar-refractivity contribution in [3.05, 3.63) is 46.8 Å². The molecule has 1 aliphatic rings. The minimum absolute atomic E-state index is 0.0769. The molecule has 0 spiro atoms. The first kappa shape index (κ1) is 16.6. The maximum atomic E-state index is 12.5. The van der Waals surface area contributed by atoms with Crippen molar-refractivity contribution in [2.75, 3.05) is 29.9 Å². The number of hydrogen-bond donors (Lipinski definition) is 1. The molecule has 4 aromatic rings. The molecule has 10 nitrogen and oxygen atoms in total. The third kappa shape index (κ3) is 2.65. The van der Waals surface area contributed by atoms with Crippen molar-refractivity contribution in [2.24, 2.45) is 13.0 Å². The minimum atomic E-state index is -0.0769. The van der Waals surface area contributed by atoms with Gasteiger partial charge in [-0.3, -0.25) is 14.3 Å². The van der Waals surface area contributed by atoms with Crippen LogP contribution in [-0.2, 0) is 7.05 Å². The molecule has 1 N–H and O–H groups in total. The van der Waals surface area contributed by atoms with Crippen LogP contribution in [0.5, 0.6) is 0 Å². The van der Waals surface area contributed by atoms with Crippen LogP contribution in [-0.4, -0.2) is 54.0 Å². The SMILES string of the molecule is Cc1nnc2ccc(N3CC(CNc4nc5cnccc5c(=O)n4C)C3)nn12. The van der Waals surface area contributed by atoms with Gasteiger partial charge in [0, 0.05) is 38.8 Å². The van der Waals surface area contributed by atoms with Crippen molar-refractivity contribution in [2.45, 2.75) is 6.92 Å². The van der Waals surface area contributed by atoms with Crippen LogP contribution in [0.3, 0.4) is 0 Å². The van der Waals surface area contributed by atoms with E-state index in [1.807, 2.05) is 19.1 Å². The second kappa shape index (κ2) is 6.25. The molecule has 0 aliphatic carbocycles. The molecule has 5 heterocycles. The molecule has 0 unspecified atom stereocenters. The molecule has 5 rings (SSSR count). The number of aromatic nitrogens is 7. The van der Waals surface area contributed by atoms with Crippen LogP contribution in [0.1, 0.15) is 5.82 Å².